The largest absolute Gasteiger partial charge is 0.437 e. The first-order valence-electron chi connectivity index (χ1n) is 13.8. The zero-order valence-corrected chi connectivity index (χ0v) is 22.8. The maximum Gasteiger partial charge on any atom is 0.437 e. The molecular weight excluding hydrogens is 537 g/mol. The number of hydrogen-bond acceptors (Lipinski definition) is 7. The first-order valence-corrected chi connectivity index (χ1v) is 13.8. The van der Waals surface area contributed by atoms with E-state index in [1.807, 2.05) is 42.2 Å². The van der Waals surface area contributed by atoms with Crippen LogP contribution in [0.3, 0.4) is 0 Å². The maximum absolute atomic E-state index is 13.7. The fourth-order valence-electron chi connectivity index (χ4n) is 5.29. The van der Waals surface area contributed by atoms with Crippen molar-refractivity contribution < 1.29 is 27.2 Å². The monoisotopic (exact) mass is 570 g/mol. The molecule has 2 fully saturated rings. The molecule has 2 saturated heterocycles. The Labute approximate surface area is 236 Å². The normalized spacial score (nSPS) is 18.3. The van der Waals surface area contributed by atoms with Crippen molar-refractivity contribution in [2.45, 2.75) is 45.3 Å². The highest BCUT2D eigenvalue weighted by atomic mass is 19.4. The summed E-state index contributed by atoms with van der Waals surface area (Å²) in [5.74, 6) is -1.03. The van der Waals surface area contributed by atoms with Gasteiger partial charge in [0.05, 0.1) is 11.9 Å². The van der Waals surface area contributed by atoms with Crippen LogP contribution in [-0.4, -0.2) is 48.0 Å². The predicted octanol–water partition coefficient (Wildman–Crippen LogP) is 5.11. The molecule has 0 spiro atoms. The highest BCUT2D eigenvalue weighted by molar-refractivity contribution is 6.03. The van der Waals surface area contributed by atoms with Gasteiger partial charge in [0.15, 0.2) is 5.69 Å². The third kappa shape index (κ3) is 6.98. The van der Waals surface area contributed by atoms with Crippen LogP contribution in [0.2, 0.25) is 0 Å². The van der Waals surface area contributed by atoms with E-state index in [0.717, 1.165) is 18.4 Å². The van der Waals surface area contributed by atoms with Crippen LogP contribution >= 0.6 is 0 Å². The lowest BCUT2D eigenvalue weighted by Gasteiger charge is -2.32. The van der Waals surface area contributed by atoms with Gasteiger partial charge < -0.3 is 24.9 Å². The molecule has 0 aliphatic carbocycles. The van der Waals surface area contributed by atoms with E-state index in [-0.39, 0.29) is 29.4 Å². The second-order valence-corrected chi connectivity index (χ2v) is 10.7. The lowest BCUT2D eigenvalue weighted by molar-refractivity contribution is -0.141. The molecule has 2 amide bonds. The summed E-state index contributed by atoms with van der Waals surface area (Å²) in [7, 11) is 0. The molecule has 1 aromatic carbocycles. The number of benzene rings is 1. The van der Waals surface area contributed by atoms with Crippen molar-refractivity contribution in [3.05, 3.63) is 65.7 Å². The summed E-state index contributed by atoms with van der Waals surface area (Å²) in [5.41, 5.74) is -0.0697. The highest BCUT2D eigenvalue weighted by Gasteiger charge is 2.42. The van der Waals surface area contributed by atoms with Crippen LogP contribution in [0.5, 0.6) is 0 Å². The summed E-state index contributed by atoms with van der Waals surface area (Å²) >= 11 is 0. The zero-order valence-electron chi connectivity index (χ0n) is 22.8. The molecule has 1 unspecified atom stereocenters. The fraction of sp³-hybridized carbons (Fsp3) is 0.448. The van der Waals surface area contributed by atoms with Gasteiger partial charge in [-0.15, -0.1) is 0 Å². The molecule has 41 heavy (non-hydrogen) atoms. The van der Waals surface area contributed by atoms with Crippen molar-refractivity contribution in [2.75, 3.05) is 41.3 Å². The Kier molecular flexibility index (Phi) is 8.46. The summed E-state index contributed by atoms with van der Waals surface area (Å²) in [6.07, 6.45) is -0.328. The van der Waals surface area contributed by atoms with Gasteiger partial charge in [0, 0.05) is 38.6 Å². The number of carbonyl (C=O) groups excluding carboxylic acids is 2. The molecule has 5 rings (SSSR count). The number of alkyl halides is 3. The standard InChI is InChI=1S/C29H33F3N6O3/c1-19-6-5-13-38(18-19)28-36-25(29(30,31)32)24(41-28)27(40)35-22-9-10-23(33-17-22)37-14-11-21(12-15-37)26(39)34-16-20-7-3-2-4-8-20/h2-4,7-10,17,19,21H,5-6,11-16,18H2,1H3,(H,34,39)(H,35,40). The number of halogens is 3. The molecule has 2 N–H and O–H groups in total. The second kappa shape index (κ2) is 12.2. The van der Waals surface area contributed by atoms with Crippen molar-refractivity contribution >= 4 is 29.3 Å². The average Bonchev–Trinajstić information content (AvgIpc) is 3.44. The topological polar surface area (TPSA) is 104 Å². The summed E-state index contributed by atoms with van der Waals surface area (Å²) in [5, 5.41) is 5.45. The van der Waals surface area contributed by atoms with Crippen molar-refractivity contribution in [1.29, 1.82) is 0 Å². The van der Waals surface area contributed by atoms with Gasteiger partial charge in [-0.1, -0.05) is 37.3 Å². The molecule has 0 bridgehead atoms. The van der Waals surface area contributed by atoms with E-state index in [0.29, 0.717) is 51.4 Å². The smallest absolute Gasteiger partial charge is 0.417 e. The van der Waals surface area contributed by atoms with Gasteiger partial charge in [0.1, 0.15) is 5.82 Å². The Morgan fingerprint density at radius 3 is 2.44 bits per heavy atom. The van der Waals surface area contributed by atoms with Crippen LogP contribution in [0.15, 0.2) is 53.1 Å². The summed E-state index contributed by atoms with van der Waals surface area (Å²) < 4.78 is 46.5. The number of amides is 2. The predicted molar refractivity (Wildman–Crippen MR) is 148 cm³/mol. The lowest BCUT2D eigenvalue weighted by Crippen LogP contribution is -2.40. The minimum absolute atomic E-state index is 0.0307. The number of carbonyl (C=O) groups is 2. The molecule has 218 valence electrons. The van der Waals surface area contributed by atoms with Gasteiger partial charge in [-0.2, -0.15) is 18.2 Å². The Balaban J connectivity index is 1.17. The van der Waals surface area contributed by atoms with Gasteiger partial charge in [0.2, 0.25) is 11.7 Å². The minimum atomic E-state index is -4.84. The fourth-order valence-corrected chi connectivity index (χ4v) is 5.29. The Bertz CT molecular complexity index is 1340. The summed E-state index contributed by atoms with van der Waals surface area (Å²) in [4.78, 5) is 37.1. The molecule has 2 aromatic heterocycles. The van der Waals surface area contributed by atoms with Crippen LogP contribution < -0.4 is 20.4 Å². The number of hydrogen-bond donors (Lipinski definition) is 2. The van der Waals surface area contributed by atoms with E-state index < -0.39 is 23.5 Å². The molecule has 9 nitrogen and oxygen atoms in total. The van der Waals surface area contributed by atoms with Crippen LogP contribution in [0.4, 0.5) is 30.7 Å². The van der Waals surface area contributed by atoms with Gasteiger partial charge >= 0.3 is 6.18 Å². The lowest BCUT2D eigenvalue weighted by atomic mass is 9.96. The Morgan fingerprint density at radius 1 is 1.02 bits per heavy atom. The van der Waals surface area contributed by atoms with Crippen LogP contribution in [0.1, 0.15) is 54.4 Å². The molecule has 1 atom stereocenters. The molecule has 3 aromatic rings. The van der Waals surface area contributed by atoms with E-state index in [1.165, 1.54) is 6.20 Å². The molecule has 12 heteroatoms. The first kappa shape index (κ1) is 28.4. The average molecular weight is 571 g/mol. The van der Waals surface area contributed by atoms with Gasteiger partial charge in [-0.3, -0.25) is 9.59 Å². The number of nitrogens with zero attached hydrogens (tertiary/aromatic N) is 4. The van der Waals surface area contributed by atoms with Gasteiger partial charge in [-0.05, 0) is 49.3 Å². The molecular formula is C29H33F3N6O3. The Hall–Kier alpha value is -4.09. The SMILES string of the molecule is CC1CCCN(c2nc(C(F)(F)F)c(C(=O)Nc3ccc(N4CCC(C(=O)NCc5ccccc5)CC4)nc3)o2)C1. The quantitative estimate of drug-likeness (QED) is 0.407. The van der Waals surface area contributed by atoms with Crippen molar-refractivity contribution in [1.82, 2.24) is 15.3 Å². The number of pyridine rings is 1. The van der Waals surface area contributed by atoms with E-state index in [2.05, 4.69) is 20.6 Å². The van der Waals surface area contributed by atoms with Gasteiger partial charge in [-0.25, -0.2) is 4.98 Å². The second-order valence-electron chi connectivity index (χ2n) is 10.7. The molecule has 0 saturated carbocycles. The van der Waals surface area contributed by atoms with Crippen molar-refractivity contribution in [3.63, 3.8) is 0 Å². The van der Waals surface area contributed by atoms with E-state index >= 15 is 0 Å². The summed E-state index contributed by atoms with van der Waals surface area (Å²) in [6.45, 7) is 4.80. The maximum atomic E-state index is 13.7. The molecule has 0 radical (unpaired) electrons. The van der Waals surface area contributed by atoms with Gasteiger partial charge in [0.25, 0.3) is 11.9 Å². The number of rotatable bonds is 7. The van der Waals surface area contributed by atoms with Crippen LogP contribution in [0.25, 0.3) is 0 Å². The number of oxazole rings is 1. The molecule has 2 aliphatic heterocycles. The first-order chi connectivity index (χ1) is 19.7. The molecule has 2 aliphatic rings. The van der Waals surface area contributed by atoms with E-state index in [1.54, 1.807) is 17.0 Å². The summed E-state index contributed by atoms with van der Waals surface area (Å²) in [6, 6.07) is 12.8. The minimum Gasteiger partial charge on any atom is -0.417 e. The third-order valence-electron chi connectivity index (χ3n) is 7.52. The highest BCUT2D eigenvalue weighted by Crippen LogP contribution is 2.35. The van der Waals surface area contributed by atoms with E-state index in [9.17, 15) is 22.8 Å². The number of aromatic nitrogens is 2. The van der Waals surface area contributed by atoms with E-state index in [4.69, 9.17) is 4.42 Å². The Morgan fingerprint density at radius 2 is 1.78 bits per heavy atom. The number of nitrogens with one attached hydrogen (secondary N) is 2. The van der Waals surface area contributed by atoms with Crippen molar-refractivity contribution in [3.8, 4) is 0 Å². The number of piperidine rings is 2. The zero-order chi connectivity index (χ0) is 29.0. The third-order valence-corrected chi connectivity index (χ3v) is 7.52. The van der Waals surface area contributed by atoms with Crippen LogP contribution in [-0.2, 0) is 17.5 Å². The molecule has 4 heterocycles. The number of anilines is 3. The van der Waals surface area contributed by atoms with Crippen molar-refractivity contribution in [2.24, 2.45) is 11.8 Å². The van der Waals surface area contributed by atoms with Crippen LogP contribution in [0, 0.1) is 11.8 Å².